The molecule has 1 amide bonds. The van der Waals surface area contributed by atoms with E-state index >= 15 is 0 Å². The van der Waals surface area contributed by atoms with E-state index in [4.69, 9.17) is 4.42 Å². The van der Waals surface area contributed by atoms with Gasteiger partial charge in [0.2, 0.25) is 0 Å². The lowest BCUT2D eigenvalue weighted by molar-refractivity contribution is 0.0657. The molecule has 2 fully saturated rings. The summed E-state index contributed by atoms with van der Waals surface area (Å²) in [5.41, 5.74) is 0. The van der Waals surface area contributed by atoms with E-state index in [1.54, 1.807) is 12.1 Å². The molecule has 0 aromatic carbocycles. The monoisotopic (exact) mass is 461 g/mol. The summed E-state index contributed by atoms with van der Waals surface area (Å²) >= 11 is 0. The fourth-order valence-corrected chi connectivity index (χ4v) is 3.46. The standard InChI is InChI=1S/C17H27N5O2.HI/c1-18-17(19-13-14-5-3-7-20(14)2)22-10-8-21(9-11-22)16(23)15-6-4-12-24-15;/h4,6,12,14H,3,5,7-11,13H2,1-2H3,(H,18,19);1H. The molecule has 0 saturated carbocycles. The van der Waals surface area contributed by atoms with Crippen molar-refractivity contribution in [2.24, 2.45) is 4.99 Å². The van der Waals surface area contributed by atoms with Crippen LogP contribution in [0.25, 0.3) is 0 Å². The predicted molar refractivity (Wildman–Crippen MR) is 109 cm³/mol. The van der Waals surface area contributed by atoms with Crippen molar-refractivity contribution >= 4 is 35.8 Å². The summed E-state index contributed by atoms with van der Waals surface area (Å²) in [5, 5.41) is 3.50. The summed E-state index contributed by atoms with van der Waals surface area (Å²) in [6, 6.07) is 4.05. The van der Waals surface area contributed by atoms with Crippen molar-refractivity contribution in [3.63, 3.8) is 0 Å². The van der Waals surface area contributed by atoms with Gasteiger partial charge in [-0.2, -0.15) is 0 Å². The number of amides is 1. The summed E-state index contributed by atoms with van der Waals surface area (Å²) in [4.78, 5) is 23.2. The van der Waals surface area contributed by atoms with Gasteiger partial charge in [0.15, 0.2) is 11.7 Å². The minimum atomic E-state index is -0.0322. The van der Waals surface area contributed by atoms with Crippen LogP contribution in [0.1, 0.15) is 23.4 Å². The molecule has 1 atom stereocenters. The molecular weight excluding hydrogens is 433 g/mol. The van der Waals surface area contributed by atoms with E-state index in [1.807, 2.05) is 11.9 Å². The van der Waals surface area contributed by atoms with Gasteiger partial charge in [0, 0.05) is 45.8 Å². The summed E-state index contributed by atoms with van der Waals surface area (Å²) < 4.78 is 5.20. The van der Waals surface area contributed by atoms with Crippen molar-refractivity contribution < 1.29 is 9.21 Å². The smallest absolute Gasteiger partial charge is 0.289 e. The first-order chi connectivity index (χ1) is 11.7. The average molecular weight is 461 g/mol. The SMILES string of the molecule is CN=C(NCC1CCCN1C)N1CCN(C(=O)c2ccco2)CC1.I. The molecule has 7 nitrogen and oxygen atoms in total. The highest BCUT2D eigenvalue weighted by Crippen LogP contribution is 2.14. The van der Waals surface area contributed by atoms with E-state index < -0.39 is 0 Å². The maximum Gasteiger partial charge on any atom is 0.289 e. The Bertz CT molecular complexity index is 570. The average Bonchev–Trinajstić information content (AvgIpc) is 3.27. The van der Waals surface area contributed by atoms with E-state index in [2.05, 4.69) is 27.2 Å². The molecule has 1 aromatic rings. The number of nitrogens with one attached hydrogen (secondary N) is 1. The lowest BCUT2D eigenvalue weighted by Gasteiger charge is -2.36. The zero-order valence-corrected chi connectivity index (χ0v) is 17.3. The molecule has 25 heavy (non-hydrogen) atoms. The number of carbonyl (C=O) groups is 1. The quantitative estimate of drug-likeness (QED) is 0.418. The van der Waals surface area contributed by atoms with Gasteiger partial charge in [0.1, 0.15) is 0 Å². The van der Waals surface area contributed by atoms with Crippen LogP contribution in [0, 0.1) is 0 Å². The highest BCUT2D eigenvalue weighted by molar-refractivity contribution is 14.0. The Morgan fingerprint density at radius 2 is 2.00 bits per heavy atom. The first-order valence-electron chi connectivity index (χ1n) is 8.67. The van der Waals surface area contributed by atoms with E-state index in [-0.39, 0.29) is 29.9 Å². The topological polar surface area (TPSA) is 64.3 Å². The van der Waals surface area contributed by atoms with Crippen molar-refractivity contribution in [1.29, 1.82) is 0 Å². The zero-order chi connectivity index (χ0) is 16.9. The number of carbonyl (C=O) groups excluding carboxylic acids is 1. The molecule has 0 bridgehead atoms. The molecule has 1 aromatic heterocycles. The summed E-state index contributed by atoms with van der Waals surface area (Å²) in [7, 11) is 4.00. The van der Waals surface area contributed by atoms with Crippen LogP contribution in [0.5, 0.6) is 0 Å². The molecule has 1 unspecified atom stereocenters. The number of rotatable bonds is 3. The Balaban J connectivity index is 0.00000225. The van der Waals surface area contributed by atoms with Crippen molar-refractivity contribution in [2.75, 3.05) is 53.4 Å². The third-order valence-corrected chi connectivity index (χ3v) is 4.98. The van der Waals surface area contributed by atoms with E-state index in [0.29, 0.717) is 24.9 Å². The Morgan fingerprint density at radius 1 is 1.28 bits per heavy atom. The molecule has 0 spiro atoms. The molecule has 2 aliphatic heterocycles. The van der Waals surface area contributed by atoms with Crippen LogP contribution in [0.4, 0.5) is 0 Å². The maximum atomic E-state index is 12.3. The van der Waals surface area contributed by atoms with Gasteiger partial charge in [0.25, 0.3) is 5.91 Å². The van der Waals surface area contributed by atoms with Gasteiger partial charge in [-0.1, -0.05) is 0 Å². The van der Waals surface area contributed by atoms with Gasteiger partial charge < -0.3 is 24.4 Å². The molecule has 0 aliphatic carbocycles. The van der Waals surface area contributed by atoms with E-state index in [9.17, 15) is 4.79 Å². The van der Waals surface area contributed by atoms with Crippen LogP contribution in [-0.4, -0.2) is 86.0 Å². The van der Waals surface area contributed by atoms with Crippen molar-refractivity contribution in [3.8, 4) is 0 Å². The normalized spacial score (nSPS) is 22.0. The first kappa shape index (κ1) is 20.0. The third-order valence-electron chi connectivity index (χ3n) is 4.98. The van der Waals surface area contributed by atoms with Crippen molar-refractivity contribution in [1.82, 2.24) is 20.0 Å². The minimum Gasteiger partial charge on any atom is -0.459 e. The molecular formula is C17H28IN5O2. The van der Waals surface area contributed by atoms with E-state index in [0.717, 1.165) is 25.6 Å². The number of aliphatic imine (C=N–C) groups is 1. The van der Waals surface area contributed by atoms with Gasteiger partial charge in [-0.3, -0.25) is 9.79 Å². The lowest BCUT2D eigenvalue weighted by atomic mass is 10.2. The fourth-order valence-electron chi connectivity index (χ4n) is 3.46. The molecule has 140 valence electrons. The van der Waals surface area contributed by atoms with Crippen LogP contribution >= 0.6 is 24.0 Å². The van der Waals surface area contributed by atoms with Crippen LogP contribution in [-0.2, 0) is 0 Å². The van der Waals surface area contributed by atoms with Gasteiger partial charge >= 0.3 is 0 Å². The number of furan rings is 1. The van der Waals surface area contributed by atoms with Gasteiger partial charge in [0.05, 0.1) is 6.26 Å². The highest BCUT2D eigenvalue weighted by atomic mass is 127. The summed E-state index contributed by atoms with van der Waals surface area (Å²) in [6.45, 7) is 5.04. The Kier molecular flexibility index (Phi) is 7.55. The Morgan fingerprint density at radius 3 is 2.56 bits per heavy atom. The summed E-state index contributed by atoms with van der Waals surface area (Å²) in [6.07, 6.45) is 4.05. The summed E-state index contributed by atoms with van der Waals surface area (Å²) in [5.74, 6) is 1.31. The maximum absolute atomic E-state index is 12.3. The second-order valence-corrected chi connectivity index (χ2v) is 6.46. The van der Waals surface area contributed by atoms with Gasteiger partial charge in [-0.05, 0) is 38.6 Å². The molecule has 8 heteroatoms. The Hall–Kier alpha value is -1.29. The molecule has 3 heterocycles. The number of likely N-dealkylation sites (N-methyl/N-ethyl adjacent to an activating group) is 1. The minimum absolute atomic E-state index is 0. The van der Waals surface area contributed by atoms with Gasteiger partial charge in [-0.25, -0.2) is 0 Å². The molecule has 0 radical (unpaired) electrons. The number of piperazine rings is 1. The molecule has 2 aliphatic rings. The highest BCUT2D eigenvalue weighted by Gasteiger charge is 2.26. The largest absolute Gasteiger partial charge is 0.459 e. The predicted octanol–water partition coefficient (Wildman–Crippen LogP) is 1.33. The van der Waals surface area contributed by atoms with E-state index in [1.165, 1.54) is 25.6 Å². The van der Waals surface area contributed by atoms with Crippen LogP contribution in [0.2, 0.25) is 0 Å². The van der Waals surface area contributed by atoms with Crippen LogP contribution in [0.3, 0.4) is 0 Å². The Labute approximate surface area is 166 Å². The zero-order valence-electron chi connectivity index (χ0n) is 15.0. The van der Waals surface area contributed by atoms with Crippen molar-refractivity contribution in [2.45, 2.75) is 18.9 Å². The number of halogens is 1. The van der Waals surface area contributed by atoms with Crippen molar-refractivity contribution in [3.05, 3.63) is 24.2 Å². The van der Waals surface area contributed by atoms with Gasteiger partial charge in [-0.15, -0.1) is 24.0 Å². The number of guanidine groups is 1. The lowest BCUT2D eigenvalue weighted by Crippen LogP contribution is -2.54. The number of hydrogen-bond acceptors (Lipinski definition) is 4. The molecule has 3 rings (SSSR count). The second kappa shape index (κ2) is 9.42. The molecule has 2 saturated heterocycles. The molecule has 1 N–H and O–H groups in total. The van der Waals surface area contributed by atoms with Crippen LogP contribution < -0.4 is 5.32 Å². The third kappa shape index (κ3) is 4.87. The first-order valence-corrected chi connectivity index (χ1v) is 8.67. The van der Waals surface area contributed by atoms with Crippen LogP contribution in [0.15, 0.2) is 27.8 Å². The number of nitrogens with zero attached hydrogens (tertiary/aromatic N) is 4. The number of likely N-dealkylation sites (tertiary alicyclic amines) is 1. The number of hydrogen-bond donors (Lipinski definition) is 1. The second-order valence-electron chi connectivity index (χ2n) is 6.46. The fraction of sp³-hybridized carbons (Fsp3) is 0.647.